The topological polar surface area (TPSA) is 54.5 Å². The number of hydrogen-bond donors (Lipinski definition) is 0. The molecule has 0 N–H and O–H groups in total. The molecule has 2 aliphatic heterocycles. The van der Waals surface area contributed by atoms with Crippen LogP contribution in [0, 0.1) is 6.92 Å². The van der Waals surface area contributed by atoms with Crippen LogP contribution in [0.5, 0.6) is 0 Å². The second-order valence-corrected chi connectivity index (χ2v) is 7.69. The van der Waals surface area contributed by atoms with Crippen LogP contribution < -0.4 is 0 Å². The number of hydrogen-bond acceptors (Lipinski definition) is 4. The summed E-state index contributed by atoms with van der Waals surface area (Å²) in [5.41, 5.74) is 2.78. The average molecular weight is 364 g/mol. The van der Waals surface area contributed by atoms with E-state index < -0.39 is 0 Å². The molecule has 2 aliphatic rings. The average Bonchev–Trinajstić information content (AvgIpc) is 3.42. The molecule has 27 heavy (non-hydrogen) atoms. The molecule has 0 bridgehead atoms. The van der Waals surface area contributed by atoms with Crippen molar-refractivity contribution in [3.8, 4) is 0 Å². The van der Waals surface area contributed by atoms with Crippen molar-refractivity contribution >= 4 is 16.9 Å². The molecule has 1 amide bonds. The number of amides is 1. The van der Waals surface area contributed by atoms with E-state index in [4.69, 9.17) is 4.42 Å². The van der Waals surface area contributed by atoms with Crippen LogP contribution >= 0.6 is 0 Å². The van der Waals surface area contributed by atoms with E-state index in [1.54, 1.807) is 0 Å². The molecule has 6 nitrogen and oxygen atoms in total. The number of carbonyl (C=O) groups excluding carboxylic acids is 1. The number of fused-ring (bicyclic) bond motifs is 2. The van der Waals surface area contributed by atoms with Gasteiger partial charge in [0, 0.05) is 30.2 Å². The number of imidazole rings is 1. The van der Waals surface area contributed by atoms with Gasteiger partial charge < -0.3 is 18.8 Å². The molecular formula is C21H24N4O2. The maximum absolute atomic E-state index is 13.3. The molecule has 5 rings (SSSR count). The van der Waals surface area contributed by atoms with Gasteiger partial charge in [-0.3, -0.25) is 4.79 Å². The molecule has 0 spiro atoms. The Morgan fingerprint density at radius 1 is 1.26 bits per heavy atom. The first kappa shape index (κ1) is 16.6. The molecule has 6 heteroatoms. The Balaban J connectivity index is 1.44. The smallest absolute Gasteiger partial charge is 0.290 e. The van der Waals surface area contributed by atoms with Gasteiger partial charge in [-0.25, -0.2) is 4.98 Å². The van der Waals surface area contributed by atoms with Gasteiger partial charge in [0.2, 0.25) is 0 Å². The molecule has 4 heterocycles. The van der Waals surface area contributed by atoms with Crippen molar-refractivity contribution in [1.29, 1.82) is 0 Å². The third-order valence-corrected chi connectivity index (χ3v) is 5.92. The Kier molecular flexibility index (Phi) is 4.01. The third kappa shape index (κ3) is 2.84. The molecule has 1 atom stereocenters. The Hall–Kier alpha value is -2.60. The summed E-state index contributed by atoms with van der Waals surface area (Å²) in [6.45, 7) is 6.50. The lowest BCUT2D eigenvalue weighted by Crippen LogP contribution is -2.44. The Morgan fingerprint density at radius 2 is 2.07 bits per heavy atom. The molecule has 2 aromatic heterocycles. The quantitative estimate of drug-likeness (QED) is 0.716. The van der Waals surface area contributed by atoms with Crippen molar-refractivity contribution in [2.75, 3.05) is 26.2 Å². The zero-order chi connectivity index (χ0) is 18.4. The van der Waals surface area contributed by atoms with Crippen molar-refractivity contribution < 1.29 is 9.21 Å². The van der Waals surface area contributed by atoms with E-state index in [0.29, 0.717) is 18.8 Å². The lowest BCUT2D eigenvalue weighted by atomic mass is 10.1. The predicted octanol–water partition coefficient (Wildman–Crippen LogP) is 3.23. The summed E-state index contributed by atoms with van der Waals surface area (Å²) in [4.78, 5) is 22.0. The molecule has 1 saturated heterocycles. The maximum atomic E-state index is 13.3. The van der Waals surface area contributed by atoms with E-state index in [1.807, 2.05) is 48.6 Å². The highest BCUT2D eigenvalue weighted by atomic mass is 16.3. The van der Waals surface area contributed by atoms with Gasteiger partial charge in [-0.15, -0.1) is 0 Å². The molecule has 0 saturated carbocycles. The fourth-order valence-corrected chi connectivity index (χ4v) is 4.47. The van der Waals surface area contributed by atoms with Crippen molar-refractivity contribution in [3.05, 3.63) is 53.8 Å². The van der Waals surface area contributed by atoms with Gasteiger partial charge >= 0.3 is 0 Å². The number of aromatic nitrogens is 2. The van der Waals surface area contributed by atoms with Crippen LogP contribution in [0.3, 0.4) is 0 Å². The number of para-hydroxylation sites is 1. The van der Waals surface area contributed by atoms with E-state index >= 15 is 0 Å². The summed E-state index contributed by atoms with van der Waals surface area (Å²) in [5.74, 6) is 0.437. The van der Waals surface area contributed by atoms with Crippen LogP contribution in [0.4, 0.5) is 0 Å². The van der Waals surface area contributed by atoms with Crippen LogP contribution in [-0.4, -0.2) is 51.4 Å². The molecule has 1 aromatic carbocycles. The van der Waals surface area contributed by atoms with Crippen molar-refractivity contribution in [1.82, 2.24) is 19.4 Å². The molecular weight excluding hydrogens is 340 g/mol. The fraction of sp³-hybridized carbons (Fsp3) is 0.429. The maximum Gasteiger partial charge on any atom is 0.290 e. The Bertz CT molecular complexity index is 983. The number of nitrogens with zero attached hydrogens (tertiary/aromatic N) is 4. The van der Waals surface area contributed by atoms with E-state index in [1.165, 1.54) is 12.8 Å². The highest BCUT2D eigenvalue weighted by molar-refractivity contribution is 5.98. The van der Waals surface area contributed by atoms with Crippen LogP contribution in [0.1, 0.15) is 40.7 Å². The lowest BCUT2D eigenvalue weighted by Gasteiger charge is -2.36. The summed E-state index contributed by atoms with van der Waals surface area (Å²) < 4.78 is 8.17. The van der Waals surface area contributed by atoms with E-state index in [2.05, 4.69) is 14.5 Å². The zero-order valence-electron chi connectivity index (χ0n) is 15.6. The fourth-order valence-electron chi connectivity index (χ4n) is 4.47. The number of furan rings is 1. The van der Waals surface area contributed by atoms with Gasteiger partial charge in [0.15, 0.2) is 5.76 Å². The van der Waals surface area contributed by atoms with Gasteiger partial charge in [0.25, 0.3) is 5.91 Å². The summed E-state index contributed by atoms with van der Waals surface area (Å²) in [6.07, 6.45) is 6.32. The van der Waals surface area contributed by atoms with Gasteiger partial charge in [-0.1, -0.05) is 18.2 Å². The minimum absolute atomic E-state index is 0.0254. The summed E-state index contributed by atoms with van der Waals surface area (Å²) >= 11 is 0. The molecule has 1 fully saturated rings. The second-order valence-electron chi connectivity index (χ2n) is 7.69. The van der Waals surface area contributed by atoms with E-state index in [-0.39, 0.29) is 11.9 Å². The second kappa shape index (κ2) is 6.53. The van der Waals surface area contributed by atoms with Crippen LogP contribution in [-0.2, 0) is 6.54 Å². The standard InChI is InChI=1S/C21H24N4O2/c1-15-18-6-2-3-7-19(18)27-20(15)21(26)24-12-16-10-22-14-25(16)17(13-24)11-23-8-4-5-9-23/h2-3,6-7,10,14,17H,4-5,8-9,11-13H2,1H3/t17-/m0/s1. The van der Waals surface area contributed by atoms with Crippen molar-refractivity contribution in [2.24, 2.45) is 0 Å². The van der Waals surface area contributed by atoms with Gasteiger partial charge in [0.05, 0.1) is 24.6 Å². The van der Waals surface area contributed by atoms with Crippen LogP contribution in [0.25, 0.3) is 11.0 Å². The van der Waals surface area contributed by atoms with Crippen LogP contribution in [0.2, 0.25) is 0 Å². The number of rotatable bonds is 3. The molecule has 140 valence electrons. The normalized spacial score (nSPS) is 20.3. The molecule has 3 aromatic rings. The van der Waals surface area contributed by atoms with E-state index in [0.717, 1.165) is 41.9 Å². The van der Waals surface area contributed by atoms with Crippen molar-refractivity contribution in [2.45, 2.75) is 32.4 Å². The SMILES string of the molecule is Cc1c(C(=O)N2Cc3cncn3[C@@H](CN3CCCC3)C2)oc2ccccc12. The molecule has 0 radical (unpaired) electrons. The lowest BCUT2D eigenvalue weighted by molar-refractivity contribution is 0.0628. The summed E-state index contributed by atoms with van der Waals surface area (Å²) in [7, 11) is 0. The monoisotopic (exact) mass is 364 g/mol. The highest BCUT2D eigenvalue weighted by Crippen LogP contribution is 2.29. The summed E-state index contributed by atoms with van der Waals surface area (Å²) in [6, 6.07) is 8.07. The number of carbonyl (C=O) groups is 1. The van der Waals surface area contributed by atoms with E-state index in [9.17, 15) is 4.79 Å². The molecule has 0 unspecified atom stereocenters. The first-order valence-corrected chi connectivity index (χ1v) is 9.71. The largest absolute Gasteiger partial charge is 0.451 e. The predicted molar refractivity (Wildman–Crippen MR) is 103 cm³/mol. The summed E-state index contributed by atoms with van der Waals surface area (Å²) in [5, 5.41) is 1.01. The highest BCUT2D eigenvalue weighted by Gasteiger charge is 2.32. The minimum Gasteiger partial charge on any atom is -0.451 e. The van der Waals surface area contributed by atoms with Crippen LogP contribution in [0.15, 0.2) is 41.2 Å². The number of aryl methyl sites for hydroxylation is 1. The van der Waals surface area contributed by atoms with Gasteiger partial charge in [-0.2, -0.15) is 0 Å². The Morgan fingerprint density at radius 3 is 2.89 bits per heavy atom. The first-order chi connectivity index (χ1) is 13.2. The third-order valence-electron chi connectivity index (χ3n) is 5.92. The Labute approximate surface area is 158 Å². The number of likely N-dealkylation sites (tertiary alicyclic amines) is 1. The van der Waals surface area contributed by atoms with Crippen molar-refractivity contribution in [3.63, 3.8) is 0 Å². The van der Waals surface area contributed by atoms with Gasteiger partial charge in [-0.05, 0) is 38.9 Å². The van der Waals surface area contributed by atoms with Gasteiger partial charge in [0.1, 0.15) is 5.58 Å². The molecule has 0 aliphatic carbocycles. The first-order valence-electron chi connectivity index (χ1n) is 9.71. The number of benzene rings is 1. The zero-order valence-corrected chi connectivity index (χ0v) is 15.6. The minimum atomic E-state index is -0.0254.